The molecule has 0 fully saturated rings. The Balaban J connectivity index is 1.96. The number of benzene rings is 2. The molecule has 2 rings (SSSR count). The highest BCUT2D eigenvalue weighted by Crippen LogP contribution is 2.16. The van der Waals surface area contributed by atoms with Crippen LogP contribution in [0.5, 0.6) is 5.75 Å². The highest BCUT2D eigenvalue weighted by Gasteiger charge is 2.19. The van der Waals surface area contributed by atoms with E-state index in [0.717, 1.165) is 16.9 Å². The number of hydrogen-bond acceptors (Lipinski definition) is 6. The smallest absolute Gasteiger partial charge is 0.297 e. The minimum atomic E-state index is -3.87. The molecule has 27 heavy (non-hydrogen) atoms. The monoisotopic (exact) mass is 392 g/mol. The van der Waals surface area contributed by atoms with Crippen molar-refractivity contribution in [1.29, 1.82) is 0 Å². The zero-order valence-corrected chi connectivity index (χ0v) is 16.3. The van der Waals surface area contributed by atoms with E-state index in [4.69, 9.17) is 18.4 Å². The van der Waals surface area contributed by atoms with Crippen LogP contribution in [0.1, 0.15) is 11.1 Å². The molecule has 0 amide bonds. The average Bonchev–Trinajstić information content (AvgIpc) is 2.68. The van der Waals surface area contributed by atoms with E-state index in [-0.39, 0.29) is 24.7 Å². The third kappa shape index (κ3) is 6.71. The minimum absolute atomic E-state index is 0.103. The molecular weight excluding hydrogens is 368 g/mol. The molecule has 7 heteroatoms. The van der Waals surface area contributed by atoms with Crippen molar-refractivity contribution in [3.8, 4) is 5.75 Å². The van der Waals surface area contributed by atoms with Gasteiger partial charge in [0.2, 0.25) is 0 Å². The van der Waals surface area contributed by atoms with Crippen molar-refractivity contribution in [2.45, 2.75) is 24.5 Å². The molecule has 0 N–H and O–H groups in total. The molecule has 0 radical (unpaired) electrons. The summed E-state index contributed by atoms with van der Waals surface area (Å²) in [6, 6.07) is 13.8. The van der Waals surface area contributed by atoms with Crippen molar-refractivity contribution < 1.29 is 26.8 Å². The lowest BCUT2D eigenvalue weighted by Gasteiger charge is -2.17. The summed E-state index contributed by atoms with van der Waals surface area (Å²) in [4.78, 5) is 0.103. The maximum Gasteiger partial charge on any atom is 0.297 e. The molecule has 0 saturated heterocycles. The molecule has 0 bridgehead atoms. The lowest BCUT2D eigenvalue weighted by atomic mass is 10.2. The van der Waals surface area contributed by atoms with Crippen LogP contribution in [0.25, 0.3) is 0 Å². The number of rotatable bonds is 11. The van der Waals surface area contributed by atoms with Crippen LogP contribution in [-0.4, -0.2) is 34.8 Å². The van der Waals surface area contributed by atoms with Crippen LogP contribution in [0.15, 0.2) is 66.3 Å². The zero-order chi connectivity index (χ0) is 19.7. The van der Waals surface area contributed by atoms with Crippen LogP contribution in [-0.2, 0) is 30.4 Å². The largest absolute Gasteiger partial charge is 0.499 e. The first-order valence-corrected chi connectivity index (χ1v) is 9.78. The molecular formula is C20H24O6S. The van der Waals surface area contributed by atoms with Gasteiger partial charge in [0.25, 0.3) is 10.1 Å². The van der Waals surface area contributed by atoms with Crippen LogP contribution in [0, 0.1) is 6.92 Å². The van der Waals surface area contributed by atoms with Crippen LogP contribution in [0.2, 0.25) is 0 Å². The summed E-state index contributed by atoms with van der Waals surface area (Å²) in [6.07, 6.45) is 0.698. The Hall–Kier alpha value is -2.35. The summed E-state index contributed by atoms with van der Waals surface area (Å²) in [5.41, 5.74) is 1.88. The minimum Gasteiger partial charge on any atom is -0.499 e. The van der Waals surface area contributed by atoms with Gasteiger partial charge in [-0.15, -0.1) is 0 Å². The lowest BCUT2D eigenvalue weighted by molar-refractivity contribution is -0.0248. The summed E-state index contributed by atoms with van der Waals surface area (Å²) in [5.74, 6) is 0.748. The van der Waals surface area contributed by atoms with Gasteiger partial charge in [0.15, 0.2) is 0 Å². The van der Waals surface area contributed by atoms with Gasteiger partial charge in [-0.3, -0.25) is 4.18 Å². The van der Waals surface area contributed by atoms with Crippen LogP contribution < -0.4 is 4.74 Å². The van der Waals surface area contributed by atoms with Crippen molar-refractivity contribution in [3.05, 3.63) is 72.5 Å². The first kappa shape index (κ1) is 21.0. The fourth-order valence-corrected chi connectivity index (χ4v) is 3.13. The van der Waals surface area contributed by atoms with Crippen LogP contribution in [0.3, 0.4) is 0 Å². The van der Waals surface area contributed by atoms with Gasteiger partial charge < -0.3 is 14.2 Å². The molecule has 146 valence electrons. The Kier molecular flexibility index (Phi) is 7.84. The summed E-state index contributed by atoms with van der Waals surface area (Å²) >= 11 is 0. The second-order valence-corrected chi connectivity index (χ2v) is 7.45. The second kappa shape index (κ2) is 10.1. The Bertz CT molecular complexity index is 813. The van der Waals surface area contributed by atoms with Crippen molar-refractivity contribution in [3.63, 3.8) is 0 Å². The molecule has 2 aromatic carbocycles. The van der Waals surface area contributed by atoms with E-state index >= 15 is 0 Å². The van der Waals surface area contributed by atoms with Gasteiger partial charge in [0.05, 0.1) is 31.5 Å². The van der Waals surface area contributed by atoms with Crippen molar-refractivity contribution in [2.75, 3.05) is 20.3 Å². The third-order valence-corrected chi connectivity index (χ3v) is 5.06. The van der Waals surface area contributed by atoms with Gasteiger partial charge in [-0.25, -0.2) is 0 Å². The summed E-state index contributed by atoms with van der Waals surface area (Å²) in [5, 5.41) is 0. The molecule has 0 aliphatic heterocycles. The summed E-state index contributed by atoms with van der Waals surface area (Å²) in [7, 11) is -2.27. The first-order valence-electron chi connectivity index (χ1n) is 8.37. The molecule has 6 nitrogen and oxygen atoms in total. The molecule has 1 atom stereocenters. The Labute approximate surface area is 160 Å². The fourth-order valence-electron chi connectivity index (χ4n) is 2.19. The maximum atomic E-state index is 12.3. The summed E-state index contributed by atoms with van der Waals surface area (Å²) < 4.78 is 45.8. The topological polar surface area (TPSA) is 71.1 Å². The normalized spacial score (nSPS) is 12.4. The predicted octanol–water partition coefficient (Wildman–Crippen LogP) is 3.45. The van der Waals surface area contributed by atoms with E-state index in [0.29, 0.717) is 0 Å². The number of hydrogen-bond donors (Lipinski definition) is 0. The second-order valence-electron chi connectivity index (χ2n) is 5.83. The average molecular weight is 392 g/mol. The van der Waals surface area contributed by atoms with E-state index in [1.165, 1.54) is 18.4 Å². The Morgan fingerprint density at radius 3 is 2.30 bits per heavy atom. The lowest BCUT2D eigenvalue weighted by Crippen LogP contribution is -2.26. The van der Waals surface area contributed by atoms with Crippen molar-refractivity contribution >= 4 is 10.1 Å². The highest BCUT2D eigenvalue weighted by atomic mass is 32.2. The van der Waals surface area contributed by atoms with Gasteiger partial charge in [0, 0.05) is 0 Å². The quantitative estimate of drug-likeness (QED) is 0.431. The Morgan fingerprint density at radius 2 is 1.70 bits per heavy atom. The van der Waals surface area contributed by atoms with Gasteiger partial charge >= 0.3 is 0 Å². The predicted molar refractivity (Wildman–Crippen MR) is 102 cm³/mol. The van der Waals surface area contributed by atoms with Gasteiger partial charge in [-0.1, -0.05) is 36.4 Å². The molecule has 0 unspecified atom stereocenters. The van der Waals surface area contributed by atoms with Gasteiger partial charge in [-0.05, 0) is 36.8 Å². The van der Waals surface area contributed by atoms with Crippen LogP contribution >= 0.6 is 0 Å². The molecule has 0 aliphatic rings. The molecule has 2 aromatic rings. The van der Waals surface area contributed by atoms with E-state index in [1.54, 1.807) is 19.2 Å². The standard InChI is InChI=1S/C20H24O6S/c1-4-24-14-19(25-13-17-7-9-18(23-3)10-8-17)15-26-27(21,22)20-11-5-16(2)6-12-20/h4-12,19H,1,13-15H2,2-3H3/t19-/m0/s1. The first-order chi connectivity index (χ1) is 12.9. The number of aryl methyl sites for hydroxylation is 1. The van der Waals surface area contributed by atoms with Gasteiger partial charge in [-0.2, -0.15) is 8.42 Å². The fraction of sp³-hybridized carbons (Fsp3) is 0.300. The van der Waals surface area contributed by atoms with Crippen molar-refractivity contribution in [2.24, 2.45) is 0 Å². The van der Waals surface area contributed by atoms with Gasteiger partial charge in [0.1, 0.15) is 18.5 Å². The SMILES string of the molecule is C=COC[C@@H](COS(=O)(=O)c1ccc(C)cc1)OCc1ccc(OC)cc1. The van der Waals surface area contributed by atoms with E-state index in [9.17, 15) is 8.42 Å². The third-order valence-electron chi connectivity index (χ3n) is 3.76. The van der Waals surface area contributed by atoms with Crippen molar-refractivity contribution in [1.82, 2.24) is 0 Å². The zero-order valence-electron chi connectivity index (χ0n) is 15.5. The summed E-state index contributed by atoms with van der Waals surface area (Å²) in [6.45, 7) is 5.61. The number of methoxy groups -OCH3 is 1. The molecule has 0 saturated carbocycles. The Morgan fingerprint density at radius 1 is 1.04 bits per heavy atom. The van der Waals surface area contributed by atoms with E-state index in [2.05, 4.69) is 6.58 Å². The highest BCUT2D eigenvalue weighted by molar-refractivity contribution is 7.86. The molecule has 0 spiro atoms. The molecule has 0 aliphatic carbocycles. The molecule has 0 aromatic heterocycles. The maximum absolute atomic E-state index is 12.3. The van der Waals surface area contributed by atoms with E-state index < -0.39 is 16.2 Å². The van der Waals surface area contributed by atoms with Crippen LogP contribution in [0.4, 0.5) is 0 Å². The van der Waals surface area contributed by atoms with E-state index in [1.807, 2.05) is 31.2 Å². The number of ether oxygens (including phenoxy) is 3. The molecule has 0 heterocycles.